The Balaban J connectivity index is 0.00000225. The molecule has 0 spiro atoms. The zero-order chi connectivity index (χ0) is 20.0. The van der Waals surface area contributed by atoms with Crippen LogP contribution in [0.25, 0.3) is 0 Å². The monoisotopic (exact) mass is 438 g/mol. The minimum atomic E-state index is -3.46. The Morgan fingerprint density at radius 1 is 1.03 bits per heavy atom. The lowest BCUT2D eigenvalue weighted by Crippen LogP contribution is -2.44. The van der Waals surface area contributed by atoms with Crippen molar-refractivity contribution in [3.63, 3.8) is 0 Å². The van der Waals surface area contributed by atoms with Gasteiger partial charge in [-0.25, -0.2) is 8.42 Å². The average Bonchev–Trinajstić information content (AvgIpc) is 2.66. The van der Waals surface area contributed by atoms with Gasteiger partial charge in [0.25, 0.3) is 0 Å². The summed E-state index contributed by atoms with van der Waals surface area (Å²) >= 11 is 0. The first-order valence-electron chi connectivity index (χ1n) is 10.8. The smallest absolute Gasteiger partial charge is 0.243 e. The molecular formula is C24H42N2O3S. The van der Waals surface area contributed by atoms with Crippen LogP contribution in [-0.4, -0.2) is 38.3 Å². The molecule has 1 N–H and O–H groups in total. The normalized spacial score (nSPS) is 21.4. The second-order valence-electron chi connectivity index (χ2n) is 8.48. The van der Waals surface area contributed by atoms with Gasteiger partial charge in [-0.15, -0.1) is 0 Å². The van der Waals surface area contributed by atoms with Crippen LogP contribution in [0.3, 0.4) is 0 Å². The van der Waals surface area contributed by atoms with E-state index in [1.54, 1.807) is 22.5 Å². The highest BCUT2D eigenvalue weighted by Gasteiger charge is 2.31. The van der Waals surface area contributed by atoms with E-state index >= 15 is 0 Å². The summed E-state index contributed by atoms with van der Waals surface area (Å²) in [4.78, 5) is 13.0. The predicted molar refractivity (Wildman–Crippen MR) is 125 cm³/mol. The maximum absolute atomic E-state index is 13.0. The molecule has 30 heavy (non-hydrogen) atoms. The Kier molecular flexibility index (Phi) is 11.1. The molecule has 1 saturated heterocycles. The zero-order valence-corrected chi connectivity index (χ0v) is 17.8. The van der Waals surface area contributed by atoms with Crippen LogP contribution in [0.5, 0.6) is 0 Å². The molecule has 1 aromatic rings. The molecule has 2 fully saturated rings. The van der Waals surface area contributed by atoms with Gasteiger partial charge in [0.1, 0.15) is 0 Å². The molecule has 0 aromatic heterocycles. The predicted octanol–water partition coefficient (Wildman–Crippen LogP) is 5.14. The van der Waals surface area contributed by atoms with Crippen molar-refractivity contribution in [2.24, 2.45) is 11.8 Å². The van der Waals surface area contributed by atoms with Gasteiger partial charge in [-0.1, -0.05) is 59.1 Å². The van der Waals surface area contributed by atoms with E-state index in [9.17, 15) is 13.2 Å². The number of nitrogens with zero attached hydrogens (tertiary/aromatic N) is 1. The van der Waals surface area contributed by atoms with Gasteiger partial charge in [0, 0.05) is 25.6 Å². The number of carbonyl (C=O) groups excluding carboxylic acids is 1. The maximum Gasteiger partial charge on any atom is 0.243 e. The SMILES string of the molecule is C.C.Cc1cccc(S(=O)(=O)N2CCCC(CNC(=O)C3CCCCCCC3)C2)c1. The highest BCUT2D eigenvalue weighted by atomic mass is 32.2. The third kappa shape index (κ3) is 7.09. The van der Waals surface area contributed by atoms with Crippen molar-refractivity contribution >= 4 is 15.9 Å². The molecule has 2 aliphatic rings. The maximum atomic E-state index is 13.0. The molecule has 1 heterocycles. The first-order valence-corrected chi connectivity index (χ1v) is 12.3. The Morgan fingerprint density at radius 3 is 2.37 bits per heavy atom. The zero-order valence-electron chi connectivity index (χ0n) is 17.0. The molecule has 1 aliphatic carbocycles. The second kappa shape index (κ2) is 12.5. The number of hydrogen-bond donors (Lipinski definition) is 1. The van der Waals surface area contributed by atoms with Gasteiger partial charge in [0.15, 0.2) is 0 Å². The lowest BCUT2D eigenvalue weighted by molar-refractivity contribution is -0.125. The molecule has 1 saturated carbocycles. The molecule has 1 aliphatic heterocycles. The number of aryl methyl sites for hydroxylation is 1. The first-order chi connectivity index (χ1) is 13.5. The van der Waals surface area contributed by atoms with Crippen LogP contribution in [-0.2, 0) is 14.8 Å². The summed E-state index contributed by atoms with van der Waals surface area (Å²) in [7, 11) is -3.46. The Morgan fingerprint density at radius 2 is 1.70 bits per heavy atom. The van der Waals surface area contributed by atoms with E-state index in [1.165, 1.54) is 19.3 Å². The molecule has 172 valence electrons. The first kappa shape index (κ1) is 26.6. The number of hydrogen-bond acceptors (Lipinski definition) is 3. The molecule has 0 bridgehead atoms. The molecule has 6 heteroatoms. The summed E-state index contributed by atoms with van der Waals surface area (Å²) in [5.41, 5.74) is 0.945. The van der Waals surface area contributed by atoms with Gasteiger partial charge in [-0.2, -0.15) is 4.31 Å². The number of piperidine rings is 1. The van der Waals surface area contributed by atoms with E-state index in [-0.39, 0.29) is 32.6 Å². The van der Waals surface area contributed by atoms with E-state index in [2.05, 4.69) is 5.32 Å². The quantitative estimate of drug-likeness (QED) is 0.692. The average molecular weight is 439 g/mol. The molecule has 5 nitrogen and oxygen atoms in total. The Hall–Kier alpha value is -1.40. The summed E-state index contributed by atoms with van der Waals surface area (Å²) in [5, 5.41) is 3.13. The van der Waals surface area contributed by atoms with Crippen LogP contribution in [0.4, 0.5) is 0 Å². The molecule has 1 unspecified atom stereocenters. The molecule has 3 rings (SSSR count). The van der Waals surface area contributed by atoms with Crippen molar-refractivity contribution in [1.29, 1.82) is 0 Å². The van der Waals surface area contributed by atoms with Gasteiger partial charge in [0.2, 0.25) is 15.9 Å². The summed E-state index contributed by atoms with van der Waals surface area (Å²) in [6.45, 7) is 3.53. The van der Waals surface area contributed by atoms with E-state index in [4.69, 9.17) is 0 Å². The molecule has 0 radical (unpaired) electrons. The van der Waals surface area contributed by atoms with Crippen LogP contribution in [0.1, 0.15) is 78.2 Å². The number of benzene rings is 1. The summed E-state index contributed by atoms with van der Waals surface area (Å²) in [6, 6.07) is 7.10. The largest absolute Gasteiger partial charge is 0.356 e. The van der Waals surface area contributed by atoms with E-state index in [0.29, 0.717) is 24.5 Å². The molecular weight excluding hydrogens is 396 g/mol. The Bertz CT molecular complexity index is 755. The number of carbonyl (C=O) groups is 1. The minimum absolute atomic E-state index is 0. The van der Waals surface area contributed by atoms with Crippen LogP contribution in [0.15, 0.2) is 29.2 Å². The lowest BCUT2D eigenvalue weighted by atomic mass is 9.90. The van der Waals surface area contributed by atoms with Crippen molar-refractivity contribution < 1.29 is 13.2 Å². The molecule has 1 amide bonds. The van der Waals surface area contributed by atoms with Gasteiger partial charge in [0.05, 0.1) is 4.90 Å². The van der Waals surface area contributed by atoms with Crippen molar-refractivity contribution in [2.75, 3.05) is 19.6 Å². The molecule has 1 atom stereocenters. The lowest BCUT2D eigenvalue weighted by Gasteiger charge is -2.32. The van der Waals surface area contributed by atoms with Crippen molar-refractivity contribution in [3.8, 4) is 0 Å². The number of amides is 1. The highest BCUT2D eigenvalue weighted by Crippen LogP contribution is 2.25. The van der Waals surface area contributed by atoms with E-state index < -0.39 is 10.0 Å². The van der Waals surface area contributed by atoms with Gasteiger partial charge in [-0.05, 0) is 56.2 Å². The van der Waals surface area contributed by atoms with Crippen LogP contribution >= 0.6 is 0 Å². The summed E-state index contributed by atoms with van der Waals surface area (Å²) in [5.74, 6) is 0.488. The number of rotatable bonds is 5. The van der Waals surface area contributed by atoms with Crippen molar-refractivity contribution in [1.82, 2.24) is 9.62 Å². The summed E-state index contributed by atoms with van der Waals surface area (Å²) in [6.07, 6.45) is 9.83. The Labute approximate surface area is 184 Å². The fraction of sp³-hybridized carbons (Fsp3) is 0.708. The van der Waals surface area contributed by atoms with Crippen molar-refractivity contribution in [3.05, 3.63) is 29.8 Å². The van der Waals surface area contributed by atoms with Crippen molar-refractivity contribution in [2.45, 2.75) is 84.5 Å². The van der Waals surface area contributed by atoms with Crippen LogP contribution in [0.2, 0.25) is 0 Å². The fourth-order valence-corrected chi connectivity index (χ4v) is 6.10. The van der Waals surface area contributed by atoms with Gasteiger partial charge < -0.3 is 5.32 Å². The van der Waals surface area contributed by atoms with Gasteiger partial charge >= 0.3 is 0 Å². The number of nitrogens with one attached hydrogen (secondary N) is 1. The van der Waals surface area contributed by atoms with Crippen LogP contribution < -0.4 is 5.32 Å². The summed E-state index contributed by atoms with van der Waals surface area (Å²) < 4.78 is 27.6. The second-order valence-corrected chi connectivity index (χ2v) is 10.4. The third-order valence-electron chi connectivity index (χ3n) is 6.15. The van der Waals surface area contributed by atoms with E-state index in [0.717, 1.165) is 44.1 Å². The van der Waals surface area contributed by atoms with E-state index in [1.807, 2.05) is 13.0 Å². The van der Waals surface area contributed by atoms with Crippen LogP contribution in [0, 0.1) is 18.8 Å². The molecule has 1 aromatic carbocycles. The third-order valence-corrected chi connectivity index (χ3v) is 8.01. The highest BCUT2D eigenvalue weighted by molar-refractivity contribution is 7.89. The minimum Gasteiger partial charge on any atom is -0.356 e. The number of sulfonamides is 1. The fourth-order valence-electron chi connectivity index (χ4n) is 4.44. The standard InChI is InChI=1S/C22H34N2O3S.2CH4/c1-18-9-7-13-21(15-18)28(26,27)24-14-8-10-19(17-24)16-23-22(25)20-11-5-3-2-4-6-12-20;;/h7,9,13,15,19-20H,2-6,8,10-12,14,16-17H2,1H3,(H,23,25);2*1H4. The van der Waals surface area contributed by atoms with Gasteiger partial charge in [-0.3, -0.25) is 4.79 Å². The topological polar surface area (TPSA) is 66.5 Å².